The maximum absolute atomic E-state index is 12.6. The molecular weight excluding hydrogens is 477 g/mol. The van der Waals surface area contributed by atoms with Crippen LogP contribution in [-0.2, 0) is 11.2 Å². The normalized spacial score (nSPS) is 11.1. The van der Waals surface area contributed by atoms with E-state index in [1.165, 1.54) is 11.1 Å². The van der Waals surface area contributed by atoms with Crippen LogP contribution in [0.25, 0.3) is 0 Å². The van der Waals surface area contributed by atoms with E-state index < -0.39 is 11.6 Å². The number of nitrogens with one attached hydrogen (secondary N) is 2. The molecule has 3 N–H and O–H groups in total. The van der Waals surface area contributed by atoms with Crippen molar-refractivity contribution < 1.29 is 14.7 Å². The highest BCUT2D eigenvalue weighted by atomic mass is 35.5. The lowest BCUT2D eigenvalue weighted by molar-refractivity contribution is -0.116. The van der Waals surface area contributed by atoms with E-state index in [9.17, 15) is 14.7 Å². The van der Waals surface area contributed by atoms with Crippen LogP contribution in [-0.4, -0.2) is 32.6 Å². The third kappa shape index (κ3) is 6.82. The minimum atomic E-state index is -1.06. The molecule has 0 aliphatic heterocycles. The SMILES string of the molecule is CC(C)(C)N(C(=O)O)c1cccc(NC(=O)CCc2cccc(Nc3nc(Cl)ncc3Cl)c2)c1. The highest BCUT2D eigenvalue weighted by molar-refractivity contribution is 6.33. The van der Waals surface area contributed by atoms with Crippen LogP contribution in [0.2, 0.25) is 10.3 Å². The molecule has 2 amide bonds. The van der Waals surface area contributed by atoms with Gasteiger partial charge in [0.25, 0.3) is 0 Å². The standard InChI is InChI=1S/C24H25Cl2N5O3/c1-24(2,3)31(23(33)34)18-9-5-8-17(13-18)28-20(32)11-10-15-6-4-7-16(12-15)29-21-19(25)14-27-22(26)30-21/h4-9,12-14H,10-11H2,1-3H3,(H,28,32)(H,33,34)(H,27,29,30). The first-order valence-electron chi connectivity index (χ1n) is 10.5. The van der Waals surface area contributed by atoms with Crippen molar-refractivity contribution in [1.29, 1.82) is 0 Å². The minimum absolute atomic E-state index is 0.0813. The molecule has 2 aromatic carbocycles. The summed E-state index contributed by atoms with van der Waals surface area (Å²) >= 11 is 11.9. The second kappa shape index (κ2) is 10.7. The van der Waals surface area contributed by atoms with Crippen LogP contribution in [0.15, 0.2) is 54.7 Å². The zero-order chi connectivity index (χ0) is 24.9. The lowest BCUT2D eigenvalue weighted by Gasteiger charge is -2.33. The second-order valence-corrected chi connectivity index (χ2v) is 9.29. The fraction of sp³-hybridized carbons (Fsp3) is 0.250. The van der Waals surface area contributed by atoms with Crippen LogP contribution in [0.5, 0.6) is 0 Å². The van der Waals surface area contributed by atoms with E-state index in [2.05, 4.69) is 20.6 Å². The van der Waals surface area contributed by atoms with Crippen molar-refractivity contribution >= 4 is 58.1 Å². The van der Waals surface area contributed by atoms with Gasteiger partial charge in [0.1, 0.15) is 5.02 Å². The summed E-state index contributed by atoms with van der Waals surface area (Å²) in [6.45, 7) is 5.42. The molecule has 0 saturated heterocycles. The zero-order valence-electron chi connectivity index (χ0n) is 19.0. The van der Waals surface area contributed by atoms with Gasteiger partial charge < -0.3 is 15.7 Å². The van der Waals surface area contributed by atoms with E-state index in [1.54, 1.807) is 24.3 Å². The molecule has 0 fully saturated rings. The summed E-state index contributed by atoms with van der Waals surface area (Å²) in [7, 11) is 0. The van der Waals surface area contributed by atoms with Crippen molar-refractivity contribution in [3.8, 4) is 0 Å². The first-order chi connectivity index (χ1) is 16.0. The molecule has 3 rings (SSSR count). The number of aryl methyl sites for hydroxylation is 1. The van der Waals surface area contributed by atoms with Crippen LogP contribution in [0.3, 0.4) is 0 Å². The Labute approximate surface area is 207 Å². The van der Waals surface area contributed by atoms with Gasteiger partial charge in [0, 0.05) is 29.0 Å². The maximum atomic E-state index is 12.6. The van der Waals surface area contributed by atoms with E-state index in [0.29, 0.717) is 28.6 Å². The van der Waals surface area contributed by atoms with E-state index >= 15 is 0 Å². The number of nitrogens with zero attached hydrogens (tertiary/aromatic N) is 3. The molecule has 0 radical (unpaired) electrons. The Kier molecular flexibility index (Phi) is 7.96. The summed E-state index contributed by atoms with van der Waals surface area (Å²) < 4.78 is 0. The maximum Gasteiger partial charge on any atom is 0.412 e. The Morgan fingerprint density at radius 1 is 1.06 bits per heavy atom. The molecule has 3 aromatic rings. The minimum Gasteiger partial charge on any atom is -0.465 e. The first-order valence-corrected chi connectivity index (χ1v) is 11.3. The fourth-order valence-electron chi connectivity index (χ4n) is 3.36. The highest BCUT2D eigenvalue weighted by Crippen LogP contribution is 2.27. The van der Waals surface area contributed by atoms with Gasteiger partial charge in [-0.1, -0.05) is 29.8 Å². The number of carbonyl (C=O) groups excluding carboxylic acids is 1. The van der Waals surface area contributed by atoms with Crippen LogP contribution in [0.1, 0.15) is 32.8 Å². The summed E-state index contributed by atoms with van der Waals surface area (Å²) in [6, 6.07) is 14.3. The van der Waals surface area contributed by atoms with Crippen LogP contribution in [0.4, 0.5) is 27.7 Å². The Hall–Kier alpha value is -3.36. The van der Waals surface area contributed by atoms with Gasteiger partial charge in [-0.2, -0.15) is 4.98 Å². The van der Waals surface area contributed by atoms with E-state index in [-0.39, 0.29) is 17.6 Å². The number of anilines is 4. The molecule has 0 unspecified atom stereocenters. The number of aromatic nitrogens is 2. The van der Waals surface area contributed by atoms with E-state index in [1.807, 2.05) is 45.0 Å². The molecule has 0 bridgehead atoms. The second-order valence-electron chi connectivity index (χ2n) is 8.55. The number of rotatable bonds is 7. The number of benzene rings is 2. The van der Waals surface area contributed by atoms with Crippen molar-refractivity contribution in [1.82, 2.24) is 9.97 Å². The third-order valence-electron chi connectivity index (χ3n) is 4.80. The number of carbonyl (C=O) groups is 2. The molecule has 0 saturated carbocycles. The Bertz CT molecular complexity index is 1200. The van der Waals surface area contributed by atoms with Crippen molar-refractivity contribution in [3.05, 3.63) is 70.6 Å². The summed E-state index contributed by atoms with van der Waals surface area (Å²) in [6.07, 6.45) is 1.10. The summed E-state index contributed by atoms with van der Waals surface area (Å²) in [4.78, 5) is 33.4. The van der Waals surface area contributed by atoms with Crippen molar-refractivity contribution in [2.45, 2.75) is 39.2 Å². The molecule has 1 heterocycles. The number of halogens is 2. The van der Waals surface area contributed by atoms with Gasteiger partial charge in [-0.05, 0) is 74.7 Å². The van der Waals surface area contributed by atoms with Crippen LogP contribution >= 0.6 is 23.2 Å². The highest BCUT2D eigenvalue weighted by Gasteiger charge is 2.27. The first kappa shape index (κ1) is 25.3. The fourth-order valence-corrected chi connectivity index (χ4v) is 3.63. The molecule has 10 heteroatoms. The average Bonchev–Trinajstić information content (AvgIpc) is 2.74. The molecule has 8 nitrogen and oxygen atoms in total. The van der Waals surface area contributed by atoms with Gasteiger partial charge in [-0.25, -0.2) is 9.78 Å². The summed E-state index contributed by atoms with van der Waals surface area (Å²) in [5.74, 6) is 0.209. The number of amides is 2. The monoisotopic (exact) mass is 501 g/mol. The number of hydrogen-bond acceptors (Lipinski definition) is 5. The van der Waals surface area contributed by atoms with Crippen molar-refractivity contribution in [2.75, 3.05) is 15.5 Å². The van der Waals surface area contributed by atoms with Gasteiger partial charge in [0.15, 0.2) is 5.82 Å². The predicted molar refractivity (Wildman–Crippen MR) is 135 cm³/mol. The molecule has 0 spiro atoms. The van der Waals surface area contributed by atoms with Crippen molar-refractivity contribution in [2.24, 2.45) is 0 Å². The van der Waals surface area contributed by atoms with E-state index in [0.717, 1.165) is 11.3 Å². The zero-order valence-corrected chi connectivity index (χ0v) is 20.5. The molecule has 0 aliphatic rings. The van der Waals surface area contributed by atoms with Gasteiger partial charge in [-0.15, -0.1) is 0 Å². The Balaban J connectivity index is 1.63. The number of carboxylic acid groups (broad SMARTS) is 1. The van der Waals surface area contributed by atoms with Gasteiger partial charge in [0.05, 0.1) is 6.20 Å². The van der Waals surface area contributed by atoms with Gasteiger partial charge >= 0.3 is 6.09 Å². The van der Waals surface area contributed by atoms with Crippen LogP contribution < -0.4 is 15.5 Å². The summed E-state index contributed by atoms with van der Waals surface area (Å²) in [5.41, 5.74) is 2.08. The average molecular weight is 502 g/mol. The number of hydrogen-bond donors (Lipinski definition) is 3. The molecule has 178 valence electrons. The largest absolute Gasteiger partial charge is 0.465 e. The van der Waals surface area contributed by atoms with Gasteiger partial charge in [0.2, 0.25) is 11.2 Å². The quantitative estimate of drug-likeness (QED) is 0.324. The summed E-state index contributed by atoms with van der Waals surface area (Å²) in [5, 5.41) is 16.0. The molecule has 1 aromatic heterocycles. The van der Waals surface area contributed by atoms with Gasteiger partial charge in [-0.3, -0.25) is 9.69 Å². The smallest absolute Gasteiger partial charge is 0.412 e. The van der Waals surface area contributed by atoms with Crippen LogP contribution in [0, 0.1) is 0 Å². The lowest BCUT2D eigenvalue weighted by atomic mass is 10.1. The molecular formula is C24H25Cl2N5O3. The molecule has 0 aliphatic carbocycles. The predicted octanol–water partition coefficient (Wildman–Crippen LogP) is 6.38. The van der Waals surface area contributed by atoms with E-state index in [4.69, 9.17) is 23.2 Å². The lowest BCUT2D eigenvalue weighted by Crippen LogP contribution is -2.45. The molecule has 0 atom stereocenters. The topological polar surface area (TPSA) is 107 Å². The Morgan fingerprint density at radius 2 is 1.76 bits per heavy atom. The Morgan fingerprint density at radius 3 is 2.47 bits per heavy atom. The molecule has 34 heavy (non-hydrogen) atoms. The third-order valence-corrected chi connectivity index (χ3v) is 5.25. The van der Waals surface area contributed by atoms with Crippen molar-refractivity contribution in [3.63, 3.8) is 0 Å².